The van der Waals surface area contributed by atoms with Gasteiger partial charge < -0.3 is 50.7 Å². The molecule has 0 unspecified atom stereocenters. The fourth-order valence-electron chi connectivity index (χ4n) is 5.52. The van der Waals surface area contributed by atoms with Crippen LogP contribution in [0.2, 0.25) is 194 Å². The molecule has 0 aromatic heterocycles. The zero-order chi connectivity index (χ0) is 44.4. The van der Waals surface area contributed by atoms with Crippen molar-refractivity contribution in [2.24, 2.45) is 0 Å². The predicted molar refractivity (Wildman–Crippen MR) is 262 cm³/mol. The van der Waals surface area contributed by atoms with Gasteiger partial charge in [-0.1, -0.05) is 0 Å². The zero-order valence-electron chi connectivity index (χ0n) is 40.3. The Kier molecular flexibility index (Phi) is 20.2. The van der Waals surface area contributed by atoms with Crippen LogP contribution in [0.15, 0.2) is 0 Å². The molecule has 0 spiro atoms. The van der Waals surface area contributed by atoms with Crippen LogP contribution in [0, 0.1) is 0 Å². The van der Waals surface area contributed by atoms with E-state index < -0.39 is 110 Å². The van der Waals surface area contributed by atoms with Crippen molar-refractivity contribution in [3.05, 3.63) is 0 Å². The molecular weight excluding hydrogens is 917 g/mol. The van der Waals surface area contributed by atoms with Gasteiger partial charge in [0.15, 0.2) is 74.9 Å². The summed E-state index contributed by atoms with van der Waals surface area (Å²) in [7, 11) is -36.1. The SMILES string of the molecule is C[Si](C)(C)O[Si](CC[Si](C)(C)O[Si](O[Si](C)(C)C)(O[Si](C)(C)C)O[Si](O)(O)CC[Si](O[Si](C)(C)C)(O[Si](C)(C)C)O[Si](C)(C)C)(O[Si](C)(C)C)O[Si](C)(C)C. The quantitative estimate of drug-likeness (QED) is 0.0800. The Bertz CT molecular complexity index is 1020. The number of rotatable bonds is 26. The van der Waals surface area contributed by atoms with E-state index in [4.69, 9.17) is 41.2 Å². The molecule has 332 valence electrons. The second kappa shape index (κ2) is 19.4. The topological polar surface area (TPSA) is 133 Å². The second-order valence-electron chi connectivity index (χ2n) is 23.3. The normalized spacial score (nSPS) is 15.9. The molecule has 0 rings (SSSR count). The Morgan fingerprint density at radius 2 is 0.473 bits per heavy atom. The van der Waals surface area contributed by atoms with Crippen LogP contribution in [0.5, 0.6) is 0 Å². The first-order valence-electron chi connectivity index (χ1n) is 19.9. The van der Waals surface area contributed by atoms with Crippen molar-refractivity contribution in [2.45, 2.75) is 194 Å². The Morgan fingerprint density at radius 3 is 0.691 bits per heavy atom. The molecule has 0 saturated carbocycles. The maximum absolute atomic E-state index is 12.1. The highest BCUT2D eigenvalue weighted by atomic mass is 28.6. The maximum Gasteiger partial charge on any atom is 0.640 e. The van der Waals surface area contributed by atoms with Gasteiger partial charge in [0.2, 0.25) is 0 Å². The molecule has 0 aliphatic heterocycles. The van der Waals surface area contributed by atoms with Gasteiger partial charge in [-0.25, -0.2) is 0 Å². The zero-order valence-corrected chi connectivity index (χ0v) is 53.3. The molecule has 0 amide bonds. The van der Waals surface area contributed by atoms with Crippen molar-refractivity contribution in [2.75, 3.05) is 0 Å². The summed E-state index contributed by atoms with van der Waals surface area (Å²) < 4.78 is 69.3. The molecule has 0 heterocycles. The Morgan fingerprint density at radius 1 is 0.255 bits per heavy atom. The van der Waals surface area contributed by atoms with Crippen LogP contribution in [0.4, 0.5) is 0 Å². The van der Waals surface area contributed by atoms with E-state index in [1.165, 1.54) is 0 Å². The van der Waals surface area contributed by atoms with Crippen molar-refractivity contribution in [1.29, 1.82) is 0 Å². The molecule has 0 saturated heterocycles. The van der Waals surface area contributed by atoms with E-state index in [0.29, 0.717) is 12.1 Å². The van der Waals surface area contributed by atoms with Gasteiger partial charge in [-0.15, -0.1) is 0 Å². The van der Waals surface area contributed by atoms with Gasteiger partial charge in [-0.05, 0) is 176 Å². The van der Waals surface area contributed by atoms with E-state index >= 15 is 0 Å². The minimum Gasteiger partial charge on any atom is -0.417 e. The summed E-state index contributed by atoms with van der Waals surface area (Å²) >= 11 is 0. The van der Waals surface area contributed by atoms with Gasteiger partial charge in [0.25, 0.3) is 0 Å². The Labute approximate surface area is 353 Å². The van der Waals surface area contributed by atoms with Crippen molar-refractivity contribution in [3.8, 4) is 0 Å². The van der Waals surface area contributed by atoms with E-state index in [9.17, 15) is 9.59 Å². The van der Waals surface area contributed by atoms with Crippen LogP contribution in [-0.2, 0) is 41.2 Å². The van der Waals surface area contributed by atoms with Gasteiger partial charge in [-0.3, -0.25) is 0 Å². The first-order valence-corrected chi connectivity index (χ1v) is 57.8. The fourth-order valence-corrected chi connectivity index (χ4v) is 54.1. The lowest BCUT2D eigenvalue weighted by molar-refractivity contribution is 0.100. The van der Waals surface area contributed by atoms with Crippen molar-refractivity contribution in [3.63, 3.8) is 0 Å². The molecule has 25 heteroatoms. The summed E-state index contributed by atoms with van der Waals surface area (Å²) in [5.41, 5.74) is 0. The van der Waals surface area contributed by atoms with Crippen LogP contribution in [-0.4, -0.2) is 120 Å². The molecule has 0 radical (unpaired) electrons. The molecule has 0 fully saturated rings. The Balaban J connectivity index is 7.28. The maximum atomic E-state index is 12.1. The number of hydrogen-bond acceptors (Lipinski definition) is 12. The van der Waals surface area contributed by atoms with Crippen molar-refractivity contribution in [1.82, 2.24) is 0 Å². The summed E-state index contributed by atoms with van der Waals surface area (Å²) in [5.74, 6) is 0. The van der Waals surface area contributed by atoms with Gasteiger partial charge >= 0.3 is 35.5 Å². The van der Waals surface area contributed by atoms with Crippen LogP contribution in [0.25, 0.3) is 0 Å². The van der Waals surface area contributed by atoms with Crippen LogP contribution in [0.1, 0.15) is 0 Å². The summed E-state index contributed by atoms with van der Waals surface area (Å²) in [6.45, 7) is 55.3. The van der Waals surface area contributed by atoms with E-state index in [2.05, 4.69) is 131 Å². The standard InChI is InChI=1S/C30H88O12Si13/c1-43(2,3)33-53(34-44(4,5)6,35-45(7,8)9)29-27-51(25,26)41-55(39-49(19,20)21,40-50(22,23)24)42-52(31,32)28-30-54(36-46(10,11)12,37-47(13,14)15)38-48(16,17)18/h31-32H,27-30H2,1-26H3. The van der Waals surface area contributed by atoms with Gasteiger partial charge in [0.1, 0.15) is 0 Å². The minimum atomic E-state index is -4.58. The molecule has 0 aromatic carbocycles. The van der Waals surface area contributed by atoms with Crippen molar-refractivity contribution >= 4 is 110 Å². The predicted octanol–water partition coefficient (Wildman–Crippen LogP) is 10.3. The largest absolute Gasteiger partial charge is 0.640 e. The van der Waals surface area contributed by atoms with Gasteiger partial charge in [-0.2, -0.15) is 0 Å². The minimum absolute atomic E-state index is 0.100. The van der Waals surface area contributed by atoms with E-state index in [0.717, 1.165) is 0 Å². The highest BCUT2D eigenvalue weighted by molar-refractivity contribution is 6.94. The summed E-state index contributed by atoms with van der Waals surface area (Å²) in [6.07, 6.45) is 0. The van der Waals surface area contributed by atoms with Gasteiger partial charge in [0.05, 0.1) is 0 Å². The molecule has 0 aromatic rings. The smallest absolute Gasteiger partial charge is 0.417 e. The first-order chi connectivity index (χ1) is 23.5. The molecule has 2 N–H and O–H groups in total. The lowest BCUT2D eigenvalue weighted by atomic mass is 10.9. The third-order valence-electron chi connectivity index (χ3n) is 6.11. The third kappa shape index (κ3) is 28.5. The number of hydrogen-bond donors (Lipinski definition) is 2. The highest BCUT2D eigenvalue weighted by Gasteiger charge is 2.62. The fraction of sp³-hybridized carbons (Fsp3) is 1.00. The summed E-state index contributed by atoms with van der Waals surface area (Å²) in [5, 5.41) is 0. The molecule has 55 heavy (non-hydrogen) atoms. The molecule has 0 atom stereocenters. The third-order valence-corrected chi connectivity index (χ3v) is 45.8. The van der Waals surface area contributed by atoms with E-state index in [1.807, 2.05) is 39.3 Å². The lowest BCUT2D eigenvalue weighted by Crippen LogP contribution is -2.68. The summed E-state index contributed by atoms with van der Waals surface area (Å²) in [4.78, 5) is 24.2. The Hall–Kier alpha value is 2.34. The van der Waals surface area contributed by atoms with Crippen LogP contribution >= 0.6 is 0 Å². The monoisotopic (exact) mass is 1000 g/mol. The molecular formula is C30H88O12Si13. The van der Waals surface area contributed by atoms with Gasteiger partial charge in [0, 0.05) is 18.1 Å². The first kappa shape index (κ1) is 57.3. The molecule has 0 aliphatic rings. The second-order valence-corrected chi connectivity index (χ2v) is 76.0. The van der Waals surface area contributed by atoms with Crippen LogP contribution < -0.4 is 0 Å². The lowest BCUT2D eigenvalue weighted by Gasteiger charge is -2.46. The molecule has 12 nitrogen and oxygen atoms in total. The molecule has 0 aliphatic carbocycles. The highest BCUT2D eigenvalue weighted by Crippen LogP contribution is 2.37. The average Bonchev–Trinajstić information content (AvgIpc) is 2.71. The van der Waals surface area contributed by atoms with Crippen LogP contribution in [0.3, 0.4) is 0 Å². The van der Waals surface area contributed by atoms with E-state index in [1.54, 1.807) is 0 Å². The average molecular weight is 1010 g/mol. The van der Waals surface area contributed by atoms with E-state index in [-0.39, 0.29) is 12.1 Å². The molecule has 0 bridgehead atoms. The summed E-state index contributed by atoms with van der Waals surface area (Å²) in [6, 6.07) is 1.32. The van der Waals surface area contributed by atoms with Crippen molar-refractivity contribution < 1.29 is 50.7 Å².